The second kappa shape index (κ2) is 9.59. The molecule has 0 aromatic rings. The van der Waals surface area contributed by atoms with E-state index < -0.39 is 29.9 Å². The van der Waals surface area contributed by atoms with Crippen LogP contribution in [0.15, 0.2) is 0 Å². The summed E-state index contributed by atoms with van der Waals surface area (Å²) in [5.41, 5.74) is 9.81. The molecule has 1 amide bonds. The lowest BCUT2D eigenvalue weighted by Crippen LogP contribution is -2.52. The molecule has 9 heteroatoms. The molecule has 0 radical (unpaired) electrons. The van der Waals surface area contributed by atoms with Crippen molar-refractivity contribution in [3.05, 3.63) is 0 Å². The summed E-state index contributed by atoms with van der Waals surface area (Å²) < 4.78 is 0. The lowest BCUT2D eigenvalue weighted by Gasteiger charge is -2.19. The van der Waals surface area contributed by atoms with Crippen LogP contribution in [0.4, 0.5) is 0 Å². The number of thioether (sulfide) groups is 1. The Hall–Kier alpha value is -1.32. The van der Waals surface area contributed by atoms with Crippen LogP contribution >= 0.6 is 11.8 Å². The van der Waals surface area contributed by atoms with Gasteiger partial charge in [-0.2, -0.15) is 11.8 Å². The van der Waals surface area contributed by atoms with Crippen LogP contribution in [0.3, 0.4) is 0 Å². The van der Waals surface area contributed by atoms with Crippen molar-refractivity contribution in [2.45, 2.75) is 31.3 Å². The quantitative estimate of drug-likeness (QED) is 0.305. The molecule has 0 aliphatic rings. The maximum Gasteiger partial charge on any atom is 0.322 e. The molecule has 0 rings (SSSR count). The van der Waals surface area contributed by atoms with Gasteiger partial charge in [-0.05, 0) is 24.9 Å². The molecule has 0 aromatic heterocycles. The Morgan fingerprint density at radius 3 is 1.95 bits per heavy atom. The van der Waals surface area contributed by atoms with Gasteiger partial charge in [0.1, 0.15) is 12.1 Å². The van der Waals surface area contributed by atoms with Gasteiger partial charge < -0.3 is 15.9 Å². The van der Waals surface area contributed by atoms with Crippen LogP contribution < -0.4 is 16.6 Å². The molecule has 19 heavy (non-hydrogen) atoms. The van der Waals surface area contributed by atoms with Crippen molar-refractivity contribution in [3.8, 4) is 0 Å². The third-order valence-corrected chi connectivity index (χ3v) is 2.96. The van der Waals surface area contributed by atoms with Crippen LogP contribution in [-0.2, 0) is 14.4 Å². The number of amides is 1. The molecular formula is C10H19N3O5S. The van der Waals surface area contributed by atoms with Gasteiger partial charge in [-0.15, -0.1) is 0 Å². The van der Waals surface area contributed by atoms with Gasteiger partial charge in [0, 0.05) is 6.42 Å². The number of carbonyl (C=O) groups excluding carboxylic acids is 1. The summed E-state index contributed by atoms with van der Waals surface area (Å²) in [4.78, 5) is 32.4. The van der Waals surface area contributed by atoms with Crippen molar-refractivity contribution in [1.29, 1.82) is 0 Å². The summed E-state index contributed by atoms with van der Waals surface area (Å²) in [7, 11) is 0. The molecule has 0 aliphatic carbocycles. The number of hydrazine groups is 1. The maximum atomic E-state index is 10.9. The molecule has 0 aromatic carbocycles. The third-order valence-electron chi connectivity index (χ3n) is 2.32. The molecule has 0 spiro atoms. The van der Waals surface area contributed by atoms with Crippen molar-refractivity contribution < 1.29 is 24.6 Å². The van der Waals surface area contributed by atoms with E-state index in [2.05, 4.69) is 10.9 Å². The van der Waals surface area contributed by atoms with Gasteiger partial charge in [0.25, 0.3) is 0 Å². The van der Waals surface area contributed by atoms with Gasteiger partial charge in [0.15, 0.2) is 0 Å². The smallest absolute Gasteiger partial charge is 0.322 e. The van der Waals surface area contributed by atoms with Gasteiger partial charge in [0.2, 0.25) is 5.91 Å². The Morgan fingerprint density at radius 1 is 1.11 bits per heavy atom. The Balaban J connectivity index is 4.29. The van der Waals surface area contributed by atoms with Crippen molar-refractivity contribution >= 4 is 29.6 Å². The molecule has 2 atom stereocenters. The Kier molecular flexibility index (Phi) is 8.92. The van der Waals surface area contributed by atoms with Crippen LogP contribution in [0.25, 0.3) is 0 Å². The average molecular weight is 293 g/mol. The summed E-state index contributed by atoms with van der Waals surface area (Å²) in [5, 5.41) is 17.8. The molecule has 6 N–H and O–H groups in total. The van der Waals surface area contributed by atoms with Crippen LogP contribution in [0, 0.1) is 0 Å². The largest absolute Gasteiger partial charge is 0.480 e. The van der Waals surface area contributed by atoms with Gasteiger partial charge in [-0.3, -0.25) is 14.4 Å². The van der Waals surface area contributed by atoms with E-state index in [1.54, 1.807) is 0 Å². The highest BCUT2D eigenvalue weighted by atomic mass is 32.2. The van der Waals surface area contributed by atoms with Crippen LogP contribution in [-0.4, -0.2) is 52.2 Å². The molecule has 8 nitrogen and oxygen atoms in total. The molecule has 0 fully saturated rings. The molecular weight excluding hydrogens is 274 g/mol. The number of nitrogens with two attached hydrogens (primary N) is 1. The molecule has 0 saturated carbocycles. The fourth-order valence-corrected chi connectivity index (χ4v) is 1.71. The lowest BCUT2D eigenvalue weighted by atomic mass is 10.1. The summed E-state index contributed by atoms with van der Waals surface area (Å²) in [6.07, 6.45) is 2.10. The highest BCUT2D eigenvalue weighted by molar-refractivity contribution is 7.98. The molecule has 0 saturated heterocycles. The molecule has 0 aliphatic heterocycles. The summed E-state index contributed by atoms with van der Waals surface area (Å²) in [6.45, 7) is 0. The predicted molar refractivity (Wildman–Crippen MR) is 70.5 cm³/mol. The van der Waals surface area contributed by atoms with Crippen molar-refractivity contribution in [3.63, 3.8) is 0 Å². The fraction of sp³-hybridized carbons (Fsp3) is 0.700. The number of nitrogens with one attached hydrogen (secondary N) is 2. The van der Waals surface area contributed by atoms with Crippen molar-refractivity contribution in [2.24, 2.45) is 5.73 Å². The number of primary amides is 1. The second-order valence-electron chi connectivity index (χ2n) is 3.86. The first-order valence-electron chi connectivity index (χ1n) is 5.62. The standard InChI is InChI=1S/C10H19N3O5S/c1-19-5-4-7(10(17)18)13-12-6(9(15)16)2-3-8(11)14/h6-7,12-13H,2-5H2,1H3,(H2,11,14)(H,15,16)(H,17,18)/t6-,7-/m0/s1. The summed E-state index contributed by atoms with van der Waals surface area (Å²) in [5.74, 6) is -2.22. The third kappa shape index (κ3) is 8.41. The number of aliphatic carboxylic acids is 2. The van der Waals surface area contributed by atoms with Crippen LogP contribution in [0.1, 0.15) is 19.3 Å². The van der Waals surface area contributed by atoms with E-state index >= 15 is 0 Å². The first kappa shape index (κ1) is 17.7. The zero-order valence-corrected chi connectivity index (χ0v) is 11.4. The molecule has 110 valence electrons. The molecule has 0 heterocycles. The summed E-state index contributed by atoms with van der Waals surface area (Å²) in [6, 6.07) is -1.95. The van der Waals surface area contributed by atoms with Gasteiger partial charge in [-0.25, -0.2) is 10.9 Å². The lowest BCUT2D eigenvalue weighted by molar-refractivity contribution is -0.143. The number of rotatable bonds is 11. The Morgan fingerprint density at radius 2 is 1.58 bits per heavy atom. The fourth-order valence-electron chi connectivity index (χ4n) is 1.24. The second-order valence-corrected chi connectivity index (χ2v) is 4.84. The Bertz CT molecular complexity index is 326. The molecule has 0 unspecified atom stereocenters. The van der Waals surface area contributed by atoms with E-state index in [1.165, 1.54) is 11.8 Å². The van der Waals surface area contributed by atoms with E-state index in [9.17, 15) is 14.4 Å². The van der Waals surface area contributed by atoms with E-state index in [0.29, 0.717) is 12.2 Å². The minimum atomic E-state index is -1.18. The Labute approximate surface area is 115 Å². The van der Waals surface area contributed by atoms with Crippen LogP contribution in [0.5, 0.6) is 0 Å². The number of hydrogen-bond donors (Lipinski definition) is 5. The number of carbonyl (C=O) groups is 3. The zero-order chi connectivity index (χ0) is 14.8. The molecule has 0 bridgehead atoms. The highest BCUT2D eigenvalue weighted by Gasteiger charge is 2.22. The van der Waals surface area contributed by atoms with Gasteiger partial charge in [-0.1, -0.05) is 0 Å². The topological polar surface area (TPSA) is 142 Å². The number of hydrogen-bond acceptors (Lipinski definition) is 6. The highest BCUT2D eigenvalue weighted by Crippen LogP contribution is 2.01. The SMILES string of the molecule is CSCC[C@H](NN[C@@H](CCC(N)=O)C(=O)O)C(=O)O. The average Bonchev–Trinajstić information content (AvgIpc) is 2.31. The van der Waals surface area contributed by atoms with E-state index in [-0.39, 0.29) is 12.8 Å². The van der Waals surface area contributed by atoms with Crippen molar-refractivity contribution in [1.82, 2.24) is 10.9 Å². The van der Waals surface area contributed by atoms with Crippen LogP contribution in [0.2, 0.25) is 0 Å². The zero-order valence-electron chi connectivity index (χ0n) is 10.6. The minimum absolute atomic E-state index is 0.00741. The predicted octanol–water partition coefficient (Wildman–Crippen LogP) is -0.994. The maximum absolute atomic E-state index is 10.9. The normalized spacial score (nSPS) is 13.7. The minimum Gasteiger partial charge on any atom is -0.480 e. The number of carboxylic acids is 2. The first-order chi connectivity index (χ1) is 8.88. The first-order valence-corrected chi connectivity index (χ1v) is 7.01. The van der Waals surface area contributed by atoms with Crippen molar-refractivity contribution in [2.75, 3.05) is 12.0 Å². The van der Waals surface area contributed by atoms with E-state index in [4.69, 9.17) is 15.9 Å². The van der Waals surface area contributed by atoms with Gasteiger partial charge in [0.05, 0.1) is 0 Å². The van der Waals surface area contributed by atoms with E-state index in [0.717, 1.165) is 0 Å². The number of carboxylic acid groups (broad SMARTS) is 2. The van der Waals surface area contributed by atoms with E-state index in [1.807, 2.05) is 6.26 Å². The van der Waals surface area contributed by atoms with Gasteiger partial charge >= 0.3 is 11.9 Å². The monoisotopic (exact) mass is 293 g/mol. The summed E-state index contributed by atoms with van der Waals surface area (Å²) >= 11 is 1.49.